The van der Waals surface area contributed by atoms with Crippen molar-refractivity contribution in [3.05, 3.63) is 42.9 Å². The molecule has 4 nitrogen and oxygen atoms in total. The Balaban J connectivity index is 2.16. The Morgan fingerprint density at radius 2 is 1.88 bits per heavy atom. The summed E-state index contributed by atoms with van der Waals surface area (Å²) in [6.07, 6.45) is 3.46. The molecule has 2 N–H and O–H groups in total. The van der Waals surface area contributed by atoms with Gasteiger partial charge in [-0.25, -0.2) is 9.97 Å². The Morgan fingerprint density at radius 3 is 2.65 bits per heavy atom. The van der Waals surface area contributed by atoms with Crippen LogP contribution in [0.15, 0.2) is 42.9 Å². The lowest BCUT2D eigenvalue weighted by Gasteiger charge is -2.04. The van der Waals surface area contributed by atoms with Gasteiger partial charge in [-0.3, -0.25) is 0 Å². The van der Waals surface area contributed by atoms with E-state index < -0.39 is 0 Å². The molecule has 0 saturated carbocycles. The third kappa shape index (κ3) is 1.63. The predicted octanol–water partition coefficient (Wildman–Crippen LogP) is 2.67. The number of hydrogen-bond donors (Lipinski definition) is 2. The second-order valence-electron chi connectivity index (χ2n) is 3.79. The molecule has 0 aliphatic heterocycles. The van der Waals surface area contributed by atoms with E-state index in [9.17, 15) is 0 Å². The summed E-state index contributed by atoms with van der Waals surface area (Å²) in [6.45, 7) is 0. The van der Waals surface area contributed by atoms with Crippen molar-refractivity contribution in [2.24, 2.45) is 0 Å². The van der Waals surface area contributed by atoms with Crippen molar-refractivity contribution in [1.82, 2.24) is 15.0 Å². The Morgan fingerprint density at radius 1 is 1.06 bits per heavy atom. The smallest absolute Gasteiger partial charge is 0.141 e. The number of nitrogens with one attached hydrogen (secondary N) is 2. The van der Waals surface area contributed by atoms with Crippen molar-refractivity contribution >= 4 is 16.7 Å². The minimum atomic E-state index is 0.868. The average Bonchev–Trinajstić information content (AvgIpc) is 2.87. The molecular formula is C13H12N4. The van der Waals surface area contributed by atoms with Gasteiger partial charge in [0.05, 0.1) is 5.69 Å². The first-order valence-corrected chi connectivity index (χ1v) is 5.45. The van der Waals surface area contributed by atoms with Gasteiger partial charge in [-0.1, -0.05) is 12.1 Å². The van der Waals surface area contributed by atoms with Crippen molar-refractivity contribution in [1.29, 1.82) is 0 Å². The molecule has 0 spiro atoms. The van der Waals surface area contributed by atoms with Crippen LogP contribution in [0.2, 0.25) is 0 Å². The number of rotatable bonds is 2. The summed E-state index contributed by atoms with van der Waals surface area (Å²) in [5.74, 6) is 0. The van der Waals surface area contributed by atoms with Crippen LogP contribution in [0.4, 0.5) is 5.69 Å². The third-order valence-corrected chi connectivity index (χ3v) is 2.80. The van der Waals surface area contributed by atoms with Crippen LogP contribution in [-0.2, 0) is 0 Å². The van der Waals surface area contributed by atoms with Crippen LogP contribution in [0.1, 0.15) is 0 Å². The number of nitrogens with zero attached hydrogens (tertiary/aromatic N) is 2. The summed E-state index contributed by atoms with van der Waals surface area (Å²) in [5.41, 5.74) is 4.01. The van der Waals surface area contributed by atoms with Crippen molar-refractivity contribution in [2.45, 2.75) is 0 Å². The summed E-state index contributed by atoms with van der Waals surface area (Å²) >= 11 is 0. The van der Waals surface area contributed by atoms with E-state index in [1.807, 2.05) is 31.4 Å². The number of anilines is 1. The van der Waals surface area contributed by atoms with Gasteiger partial charge in [0.25, 0.3) is 0 Å². The number of hydrogen-bond acceptors (Lipinski definition) is 3. The van der Waals surface area contributed by atoms with E-state index in [2.05, 4.69) is 32.4 Å². The molecular weight excluding hydrogens is 212 g/mol. The Labute approximate surface area is 98.7 Å². The van der Waals surface area contributed by atoms with E-state index in [0.29, 0.717) is 0 Å². The van der Waals surface area contributed by atoms with Crippen molar-refractivity contribution in [3.8, 4) is 11.3 Å². The maximum atomic E-state index is 4.35. The highest BCUT2D eigenvalue weighted by Crippen LogP contribution is 2.25. The van der Waals surface area contributed by atoms with E-state index >= 15 is 0 Å². The molecule has 0 aliphatic rings. The van der Waals surface area contributed by atoms with Crippen LogP contribution in [0, 0.1) is 0 Å². The highest BCUT2D eigenvalue weighted by molar-refractivity contribution is 5.90. The van der Waals surface area contributed by atoms with E-state index in [0.717, 1.165) is 28.0 Å². The molecule has 3 aromatic rings. The Kier molecular flexibility index (Phi) is 2.26. The summed E-state index contributed by atoms with van der Waals surface area (Å²) < 4.78 is 0. The number of aromatic amines is 1. The molecule has 0 amide bonds. The molecule has 2 aromatic heterocycles. The Hall–Kier alpha value is -2.36. The van der Waals surface area contributed by atoms with Crippen LogP contribution in [0.5, 0.6) is 0 Å². The van der Waals surface area contributed by atoms with Gasteiger partial charge >= 0.3 is 0 Å². The predicted molar refractivity (Wildman–Crippen MR) is 68.9 cm³/mol. The SMILES string of the molecule is CNc1ccc(-c2ncnc3[nH]ccc23)cc1. The first kappa shape index (κ1) is 9.84. The molecule has 0 atom stereocenters. The van der Waals surface area contributed by atoms with Gasteiger partial charge in [0.1, 0.15) is 12.0 Å². The lowest BCUT2D eigenvalue weighted by Crippen LogP contribution is -1.89. The van der Waals surface area contributed by atoms with E-state index in [1.165, 1.54) is 0 Å². The summed E-state index contributed by atoms with van der Waals surface area (Å²) in [6, 6.07) is 10.2. The average molecular weight is 224 g/mol. The quantitative estimate of drug-likeness (QED) is 0.703. The van der Waals surface area contributed by atoms with Gasteiger partial charge < -0.3 is 10.3 Å². The van der Waals surface area contributed by atoms with Gasteiger partial charge in [0.2, 0.25) is 0 Å². The number of aromatic nitrogens is 3. The zero-order valence-electron chi connectivity index (χ0n) is 9.44. The fourth-order valence-electron chi connectivity index (χ4n) is 1.90. The first-order valence-electron chi connectivity index (χ1n) is 5.45. The fourth-order valence-corrected chi connectivity index (χ4v) is 1.90. The van der Waals surface area contributed by atoms with Gasteiger partial charge in [0.15, 0.2) is 0 Å². The van der Waals surface area contributed by atoms with Crippen molar-refractivity contribution < 1.29 is 0 Å². The molecule has 0 radical (unpaired) electrons. The molecule has 0 saturated heterocycles. The topological polar surface area (TPSA) is 53.6 Å². The van der Waals surface area contributed by atoms with Gasteiger partial charge in [-0.05, 0) is 18.2 Å². The molecule has 84 valence electrons. The highest BCUT2D eigenvalue weighted by atomic mass is 14.9. The molecule has 4 heteroatoms. The Bertz CT molecular complexity index is 640. The van der Waals surface area contributed by atoms with Gasteiger partial charge in [-0.2, -0.15) is 0 Å². The fraction of sp³-hybridized carbons (Fsp3) is 0.0769. The molecule has 0 fully saturated rings. The number of benzene rings is 1. The van der Waals surface area contributed by atoms with Gasteiger partial charge in [0, 0.05) is 29.9 Å². The monoisotopic (exact) mass is 224 g/mol. The second kappa shape index (κ2) is 3.90. The second-order valence-corrected chi connectivity index (χ2v) is 3.79. The lowest BCUT2D eigenvalue weighted by atomic mass is 10.1. The maximum Gasteiger partial charge on any atom is 0.141 e. The summed E-state index contributed by atoms with van der Waals surface area (Å²) in [7, 11) is 1.91. The minimum absolute atomic E-state index is 0.868. The number of H-pyrrole nitrogens is 1. The normalized spacial score (nSPS) is 10.6. The van der Waals surface area contributed by atoms with Crippen LogP contribution in [0.3, 0.4) is 0 Å². The van der Waals surface area contributed by atoms with E-state index in [4.69, 9.17) is 0 Å². The number of fused-ring (bicyclic) bond motifs is 1. The maximum absolute atomic E-state index is 4.35. The molecule has 17 heavy (non-hydrogen) atoms. The molecule has 1 aromatic carbocycles. The van der Waals surface area contributed by atoms with Crippen LogP contribution in [0.25, 0.3) is 22.3 Å². The first-order chi connectivity index (χ1) is 8.38. The molecule has 0 bridgehead atoms. The van der Waals surface area contributed by atoms with E-state index in [1.54, 1.807) is 6.33 Å². The minimum Gasteiger partial charge on any atom is -0.388 e. The standard InChI is InChI=1S/C13H12N4/c1-14-10-4-2-9(3-5-10)12-11-6-7-15-13(11)17-8-16-12/h2-8,14H,1H3,(H,15,16,17). The lowest BCUT2D eigenvalue weighted by molar-refractivity contribution is 1.20. The third-order valence-electron chi connectivity index (χ3n) is 2.80. The molecule has 3 rings (SSSR count). The molecule has 0 aliphatic carbocycles. The zero-order valence-corrected chi connectivity index (χ0v) is 9.44. The van der Waals surface area contributed by atoms with Crippen molar-refractivity contribution in [2.75, 3.05) is 12.4 Å². The van der Waals surface area contributed by atoms with Crippen LogP contribution < -0.4 is 5.32 Å². The van der Waals surface area contributed by atoms with Crippen molar-refractivity contribution in [3.63, 3.8) is 0 Å². The van der Waals surface area contributed by atoms with Crippen LogP contribution in [-0.4, -0.2) is 22.0 Å². The van der Waals surface area contributed by atoms with Crippen LogP contribution >= 0.6 is 0 Å². The molecule has 0 unspecified atom stereocenters. The summed E-state index contributed by atoms with van der Waals surface area (Å²) in [5, 5.41) is 4.14. The van der Waals surface area contributed by atoms with E-state index in [-0.39, 0.29) is 0 Å². The van der Waals surface area contributed by atoms with Gasteiger partial charge in [-0.15, -0.1) is 0 Å². The largest absolute Gasteiger partial charge is 0.388 e. The molecule has 2 heterocycles. The summed E-state index contributed by atoms with van der Waals surface area (Å²) in [4.78, 5) is 11.6. The zero-order chi connectivity index (χ0) is 11.7. The highest BCUT2D eigenvalue weighted by Gasteiger charge is 2.06.